The lowest BCUT2D eigenvalue weighted by Gasteiger charge is -2.33. The Kier molecular flexibility index (Phi) is 5.82. The average molecular weight is 437 g/mol. The monoisotopic (exact) mass is 436 g/mol. The van der Waals surface area contributed by atoms with Crippen LogP contribution < -0.4 is 19.7 Å². The molecule has 0 radical (unpaired) electrons. The lowest BCUT2D eigenvalue weighted by Crippen LogP contribution is -2.44. The first-order chi connectivity index (χ1) is 15.0. The number of amides is 2. The lowest BCUT2D eigenvalue weighted by atomic mass is 10.1. The highest BCUT2D eigenvalue weighted by molar-refractivity contribution is 6.31. The van der Waals surface area contributed by atoms with Crippen molar-refractivity contribution in [1.82, 2.24) is 0 Å². The third-order valence-corrected chi connectivity index (χ3v) is 5.41. The predicted molar refractivity (Wildman–Crippen MR) is 120 cm³/mol. The van der Waals surface area contributed by atoms with E-state index in [0.29, 0.717) is 40.0 Å². The van der Waals surface area contributed by atoms with Crippen LogP contribution in [0.4, 0.5) is 11.4 Å². The van der Waals surface area contributed by atoms with E-state index in [1.54, 1.807) is 67.5 Å². The van der Waals surface area contributed by atoms with E-state index in [9.17, 15) is 9.59 Å². The highest BCUT2D eigenvalue weighted by atomic mass is 35.5. The molecule has 4 rings (SSSR count). The van der Waals surface area contributed by atoms with Gasteiger partial charge in [0.2, 0.25) is 0 Å². The smallest absolute Gasteiger partial charge is 0.268 e. The summed E-state index contributed by atoms with van der Waals surface area (Å²) in [6.07, 6.45) is -0.618. The van der Waals surface area contributed by atoms with E-state index in [-0.39, 0.29) is 11.8 Å². The fourth-order valence-corrected chi connectivity index (χ4v) is 3.61. The Balaban J connectivity index is 1.63. The summed E-state index contributed by atoms with van der Waals surface area (Å²) < 4.78 is 10.9. The van der Waals surface area contributed by atoms with Crippen LogP contribution in [0.1, 0.15) is 22.8 Å². The molecule has 1 heterocycles. The van der Waals surface area contributed by atoms with Gasteiger partial charge in [0.05, 0.1) is 19.3 Å². The van der Waals surface area contributed by atoms with E-state index >= 15 is 0 Å². The molecule has 0 bridgehead atoms. The maximum Gasteiger partial charge on any atom is 0.268 e. The molecule has 3 aromatic rings. The van der Waals surface area contributed by atoms with Gasteiger partial charge in [-0.25, -0.2) is 0 Å². The SMILES string of the molecule is COc1cccc(C(=O)Nc2ccc3c(c2)N(Cc2ccccc2Cl)C(=O)C(C)O3)c1. The minimum absolute atomic E-state index is 0.177. The van der Waals surface area contributed by atoms with Gasteiger partial charge in [-0.05, 0) is 55.0 Å². The zero-order valence-corrected chi connectivity index (χ0v) is 17.8. The van der Waals surface area contributed by atoms with Crippen molar-refractivity contribution in [3.05, 3.63) is 82.9 Å². The van der Waals surface area contributed by atoms with Crippen LogP contribution in [0.15, 0.2) is 66.7 Å². The number of carbonyl (C=O) groups is 2. The van der Waals surface area contributed by atoms with Crippen LogP contribution in [0.25, 0.3) is 0 Å². The normalized spacial score (nSPS) is 15.1. The quantitative estimate of drug-likeness (QED) is 0.616. The van der Waals surface area contributed by atoms with Crippen molar-refractivity contribution < 1.29 is 19.1 Å². The Hall–Kier alpha value is -3.51. The van der Waals surface area contributed by atoms with Gasteiger partial charge in [0.25, 0.3) is 11.8 Å². The van der Waals surface area contributed by atoms with Gasteiger partial charge in [-0.15, -0.1) is 0 Å². The Morgan fingerprint density at radius 2 is 1.94 bits per heavy atom. The van der Waals surface area contributed by atoms with Gasteiger partial charge in [0.1, 0.15) is 11.5 Å². The van der Waals surface area contributed by atoms with Crippen molar-refractivity contribution in [3.8, 4) is 11.5 Å². The van der Waals surface area contributed by atoms with E-state index in [4.69, 9.17) is 21.1 Å². The van der Waals surface area contributed by atoms with Crippen molar-refractivity contribution in [2.75, 3.05) is 17.3 Å². The second-order valence-electron chi connectivity index (χ2n) is 7.14. The highest BCUT2D eigenvalue weighted by Crippen LogP contribution is 2.38. The van der Waals surface area contributed by atoms with Crippen LogP contribution >= 0.6 is 11.6 Å². The number of rotatable bonds is 5. The Bertz CT molecular complexity index is 1150. The van der Waals surface area contributed by atoms with Crippen molar-refractivity contribution in [2.45, 2.75) is 19.6 Å². The van der Waals surface area contributed by atoms with Crippen LogP contribution in [0, 0.1) is 0 Å². The number of carbonyl (C=O) groups excluding carboxylic acids is 2. The molecule has 2 amide bonds. The minimum atomic E-state index is -0.618. The molecule has 31 heavy (non-hydrogen) atoms. The minimum Gasteiger partial charge on any atom is -0.497 e. The average Bonchev–Trinajstić information content (AvgIpc) is 2.78. The zero-order valence-electron chi connectivity index (χ0n) is 17.1. The number of benzene rings is 3. The molecule has 7 heteroatoms. The summed E-state index contributed by atoms with van der Waals surface area (Å²) in [7, 11) is 1.55. The summed E-state index contributed by atoms with van der Waals surface area (Å²) >= 11 is 6.31. The number of fused-ring (bicyclic) bond motifs is 1. The van der Waals surface area contributed by atoms with E-state index in [2.05, 4.69) is 5.32 Å². The number of nitrogens with one attached hydrogen (secondary N) is 1. The number of halogens is 1. The lowest BCUT2D eigenvalue weighted by molar-refractivity contribution is -0.125. The second-order valence-corrected chi connectivity index (χ2v) is 7.55. The van der Waals surface area contributed by atoms with Gasteiger partial charge in [-0.1, -0.05) is 35.9 Å². The molecule has 0 saturated heterocycles. The van der Waals surface area contributed by atoms with Gasteiger partial charge in [0, 0.05) is 16.3 Å². The van der Waals surface area contributed by atoms with Gasteiger partial charge >= 0.3 is 0 Å². The number of anilines is 2. The second kappa shape index (κ2) is 8.70. The van der Waals surface area contributed by atoms with Gasteiger partial charge in [-0.3, -0.25) is 9.59 Å². The van der Waals surface area contributed by atoms with E-state index < -0.39 is 6.10 Å². The van der Waals surface area contributed by atoms with E-state index in [1.165, 1.54) is 0 Å². The van der Waals surface area contributed by atoms with Crippen molar-refractivity contribution in [1.29, 1.82) is 0 Å². The van der Waals surface area contributed by atoms with E-state index in [0.717, 1.165) is 5.56 Å². The molecule has 3 aromatic carbocycles. The highest BCUT2D eigenvalue weighted by Gasteiger charge is 2.32. The topological polar surface area (TPSA) is 67.9 Å². The maximum atomic E-state index is 12.9. The number of hydrogen-bond acceptors (Lipinski definition) is 4. The molecule has 1 atom stereocenters. The third kappa shape index (κ3) is 4.34. The van der Waals surface area contributed by atoms with Crippen LogP contribution in [-0.4, -0.2) is 25.0 Å². The molecule has 6 nitrogen and oxygen atoms in total. The summed E-state index contributed by atoms with van der Waals surface area (Å²) in [5, 5.41) is 3.45. The Labute approximate surface area is 185 Å². The summed E-state index contributed by atoms with van der Waals surface area (Å²) in [5.74, 6) is 0.701. The fraction of sp³-hybridized carbons (Fsp3) is 0.167. The summed E-state index contributed by atoms with van der Waals surface area (Å²) in [5.41, 5.74) is 2.41. The Morgan fingerprint density at radius 3 is 2.71 bits per heavy atom. The molecule has 158 valence electrons. The third-order valence-electron chi connectivity index (χ3n) is 5.04. The molecule has 1 aliphatic heterocycles. The first-order valence-corrected chi connectivity index (χ1v) is 10.1. The summed E-state index contributed by atoms with van der Waals surface area (Å²) in [6, 6.07) is 19.5. The molecule has 1 unspecified atom stereocenters. The summed E-state index contributed by atoms with van der Waals surface area (Å²) in [6.45, 7) is 2.01. The number of methoxy groups -OCH3 is 1. The number of nitrogens with zero attached hydrogens (tertiary/aromatic N) is 1. The number of ether oxygens (including phenoxy) is 2. The molecule has 0 saturated carbocycles. The fourth-order valence-electron chi connectivity index (χ4n) is 3.41. The van der Waals surface area contributed by atoms with Gasteiger partial charge in [-0.2, -0.15) is 0 Å². The first-order valence-electron chi connectivity index (χ1n) is 9.77. The van der Waals surface area contributed by atoms with Crippen LogP contribution in [0.2, 0.25) is 5.02 Å². The molecular formula is C24H21ClN2O4. The molecule has 0 aromatic heterocycles. The first kappa shape index (κ1) is 20.8. The van der Waals surface area contributed by atoms with Gasteiger partial charge in [0.15, 0.2) is 6.10 Å². The van der Waals surface area contributed by atoms with Crippen molar-refractivity contribution in [3.63, 3.8) is 0 Å². The summed E-state index contributed by atoms with van der Waals surface area (Å²) in [4.78, 5) is 27.2. The number of hydrogen-bond donors (Lipinski definition) is 1. The molecule has 0 fully saturated rings. The van der Waals surface area contributed by atoms with E-state index in [1.807, 2.05) is 18.2 Å². The molecular weight excluding hydrogens is 416 g/mol. The molecule has 1 aliphatic rings. The molecule has 0 spiro atoms. The predicted octanol–water partition coefficient (Wildman–Crippen LogP) is 4.92. The zero-order chi connectivity index (χ0) is 22.0. The maximum absolute atomic E-state index is 12.9. The largest absolute Gasteiger partial charge is 0.497 e. The van der Waals surface area contributed by atoms with Crippen molar-refractivity contribution in [2.24, 2.45) is 0 Å². The van der Waals surface area contributed by atoms with Crippen LogP contribution in [0.5, 0.6) is 11.5 Å². The van der Waals surface area contributed by atoms with Gasteiger partial charge < -0.3 is 19.7 Å². The van der Waals surface area contributed by atoms with Crippen molar-refractivity contribution >= 4 is 34.8 Å². The van der Waals surface area contributed by atoms with Crippen LogP contribution in [0.3, 0.4) is 0 Å². The molecule has 1 N–H and O–H groups in total. The molecule has 0 aliphatic carbocycles. The van der Waals surface area contributed by atoms with Crippen LogP contribution in [-0.2, 0) is 11.3 Å². The Morgan fingerprint density at radius 1 is 1.13 bits per heavy atom. The standard InChI is InChI=1S/C24H21ClN2O4/c1-15-24(29)27(14-17-6-3-4-9-20(17)25)21-13-18(10-11-22(21)31-15)26-23(28)16-7-5-8-19(12-16)30-2/h3-13,15H,14H2,1-2H3,(H,26,28).